The number of nitrogens with zero attached hydrogens (tertiary/aromatic N) is 1. The second-order valence-corrected chi connectivity index (χ2v) is 6.66. The van der Waals surface area contributed by atoms with Gasteiger partial charge in [0.1, 0.15) is 29.6 Å². The van der Waals surface area contributed by atoms with Gasteiger partial charge in [-0.25, -0.2) is 0 Å². The van der Waals surface area contributed by atoms with Gasteiger partial charge in [-0.05, 0) is 38.1 Å². The van der Waals surface area contributed by atoms with Crippen LogP contribution in [0.3, 0.4) is 0 Å². The van der Waals surface area contributed by atoms with E-state index in [4.69, 9.17) is 30.3 Å². The van der Waals surface area contributed by atoms with Gasteiger partial charge in [-0.1, -0.05) is 16.8 Å². The SMILES string of the molecule is COc1cc(NC(=O)c2ccc(OCc3c(C)noc3C)cc2)c(OC)cc1Cl. The second kappa shape index (κ2) is 8.87. The maximum Gasteiger partial charge on any atom is 0.255 e. The number of hydrogen-bond donors (Lipinski definition) is 1. The number of methoxy groups -OCH3 is 2. The van der Waals surface area contributed by atoms with E-state index in [9.17, 15) is 4.79 Å². The molecule has 0 unspecified atom stereocenters. The summed E-state index contributed by atoms with van der Waals surface area (Å²) in [6.45, 7) is 4.04. The van der Waals surface area contributed by atoms with Crippen LogP contribution in [0.15, 0.2) is 40.9 Å². The number of rotatable bonds is 7. The predicted molar refractivity (Wildman–Crippen MR) is 109 cm³/mol. The van der Waals surface area contributed by atoms with E-state index in [0.717, 1.165) is 17.0 Å². The van der Waals surface area contributed by atoms with E-state index in [1.165, 1.54) is 14.2 Å². The zero-order valence-electron chi connectivity index (χ0n) is 16.5. The van der Waals surface area contributed by atoms with Crippen molar-refractivity contribution >= 4 is 23.2 Å². The third-order valence-corrected chi connectivity index (χ3v) is 4.70. The number of ether oxygens (including phenoxy) is 3. The molecule has 0 aliphatic carbocycles. The van der Waals surface area contributed by atoms with Crippen molar-refractivity contribution in [3.05, 3.63) is 64.0 Å². The van der Waals surface area contributed by atoms with Crippen LogP contribution in [0.25, 0.3) is 0 Å². The fraction of sp³-hybridized carbons (Fsp3) is 0.238. The lowest BCUT2D eigenvalue weighted by Crippen LogP contribution is -2.12. The Balaban J connectivity index is 1.69. The van der Waals surface area contributed by atoms with Crippen molar-refractivity contribution in [2.24, 2.45) is 0 Å². The number of benzene rings is 2. The molecule has 152 valence electrons. The Morgan fingerprint density at radius 1 is 1.10 bits per heavy atom. The summed E-state index contributed by atoms with van der Waals surface area (Å²) >= 11 is 6.10. The second-order valence-electron chi connectivity index (χ2n) is 6.26. The summed E-state index contributed by atoms with van der Waals surface area (Å²) in [7, 11) is 3.00. The summed E-state index contributed by atoms with van der Waals surface area (Å²) in [5.74, 6) is 1.93. The van der Waals surface area contributed by atoms with E-state index in [1.807, 2.05) is 13.8 Å². The molecule has 3 aromatic rings. The molecule has 1 heterocycles. The van der Waals surface area contributed by atoms with Gasteiger partial charge in [0.15, 0.2) is 0 Å². The Hall–Kier alpha value is -3.19. The third-order valence-electron chi connectivity index (χ3n) is 4.40. The Labute approximate surface area is 173 Å². The normalized spacial score (nSPS) is 10.5. The number of carbonyl (C=O) groups excluding carboxylic acids is 1. The molecule has 29 heavy (non-hydrogen) atoms. The molecule has 0 bridgehead atoms. The maximum atomic E-state index is 12.6. The fourth-order valence-corrected chi connectivity index (χ4v) is 2.95. The van der Waals surface area contributed by atoms with E-state index in [2.05, 4.69) is 10.5 Å². The molecule has 0 fully saturated rings. The largest absolute Gasteiger partial charge is 0.495 e. The minimum Gasteiger partial charge on any atom is -0.495 e. The molecular formula is C21H21ClN2O5. The van der Waals surface area contributed by atoms with Crippen LogP contribution < -0.4 is 19.5 Å². The van der Waals surface area contributed by atoms with Gasteiger partial charge >= 0.3 is 0 Å². The number of hydrogen-bond acceptors (Lipinski definition) is 6. The van der Waals surface area contributed by atoms with Gasteiger partial charge in [-0.15, -0.1) is 0 Å². The summed E-state index contributed by atoms with van der Waals surface area (Å²) in [5.41, 5.74) is 2.63. The van der Waals surface area contributed by atoms with Crippen LogP contribution in [0.2, 0.25) is 5.02 Å². The van der Waals surface area contributed by atoms with Crippen molar-refractivity contribution < 1.29 is 23.5 Å². The van der Waals surface area contributed by atoms with Crippen LogP contribution in [0.1, 0.15) is 27.4 Å². The molecule has 0 radical (unpaired) electrons. The molecule has 0 aliphatic heterocycles. The first-order valence-electron chi connectivity index (χ1n) is 8.80. The molecule has 0 atom stereocenters. The molecule has 0 saturated heterocycles. The number of carbonyl (C=O) groups is 1. The van der Waals surface area contributed by atoms with E-state index in [0.29, 0.717) is 40.1 Å². The van der Waals surface area contributed by atoms with Gasteiger partial charge in [0, 0.05) is 17.7 Å². The highest BCUT2D eigenvalue weighted by Gasteiger charge is 2.14. The van der Waals surface area contributed by atoms with Gasteiger partial charge in [0.25, 0.3) is 5.91 Å². The van der Waals surface area contributed by atoms with Gasteiger partial charge in [0.2, 0.25) is 0 Å². The number of aromatic nitrogens is 1. The highest BCUT2D eigenvalue weighted by atomic mass is 35.5. The third kappa shape index (κ3) is 4.63. The standard InChI is InChI=1S/C21H21ClN2O5/c1-12-16(13(2)29-24-12)11-28-15-7-5-14(6-8-15)21(25)23-18-10-19(26-3)17(22)9-20(18)27-4/h5-10H,11H2,1-4H3,(H,23,25). The average Bonchev–Trinajstić information content (AvgIpc) is 3.05. The zero-order chi connectivity index (χ0) is 21.0. The topological polar surface area (TPSA) is 82.8 Å². The van der Waals surface area contributed by atoms with Crippen LogP contribution in [0, 0.1) is 13.8 Å². The smallest absolute Gasteiger partial charge is 0.255 e. The molecule has 0 spiro atoms. The Kier molecular flexibility index (Phi) is 6.29. The predicted octanol–water partition coefficient (Wildman–Crippen LogP) is 4.79. The molecule has 0 aliphatic rings. The van der Waals surface area contributed by atoms with Gasteiger partial charge in [-0.3, -0.25) is 4.79 Å². The number of aryl methyl sites for hydroxylation is 2. The number of nitrogens with one attached hydrogen (secondary N) is 1. The molecule has 8 heteroatoms. The van der Waals surface area contributed by atoms with Crippen molar-refractivity contribution in [2.75, 3.05) is 19.5 Å². The van der Waals surface area contributed by atoms with Crippen molar-refractivity contribution in [2.45, 2.75) is 20.5 Å². The van der Waals surface area contributed by atoms with Crippen molar-refractivity contribution in [1.82, 2.24) is 5.16 Å². The highest BCUT2D eigenvalue weighted by Crippen LogP contribution is 2.36. The summed E-state index contributed by atoms with van der Waals surface area (Å²) in [6.07, 6.45) is 0. The molecule has 2 aromatic carbocycles. The lowest BCUT2D eigenvalue weighted by atomic mass is 10.2. The Bertz CT molecular complexity index is 995. The van der Waals surface area contributed by atoms with Gasteiger partial charge in [0.05, 0.1) is 36.2 Å². The molecular weight excluding hydrogens is 396 g/mol. The zero-order valence-corrected chi connectivity index (χ0v) is 17.3. The highest BCUT2D eigenvalue weighted by molar-refractivity contribution is 6.32. The van der Waals surface area contributed by atoms with E-state index in [-0.39, 0.29) is 5.91 Å². The quantitative estimate of drug-likeness (QED) is 0.596. The van der Waals surface area contributed by atoms with Crippen LogP contribution >= 0.6 is 11.6 Å². The van der Waals surface area contributed by atoms with Crippen LogP contribution in [-0.2, 0) is 6.61 Å². The minimum absolute atomic E-state index is 0.301. The van der Waals surface area contributed by atoms with Gasteiger partial charge < -0.3 is 24.1 Å². The Morgan fingerprint density at radius 2 is 1.79 bits per heavy atom. The average molecular weight is 417 g/mol. The number of halogens is 1. The first kappa shape index (κ1) is 20.5. The van der Waals surface area contributed by atoms with Gasteiger partial charge in [-0.2, -0.15) is 0 Å². The van der Waals surface area contributed by atoms with E-state index < -0.39 is 0 Å². The Morgan fingerprint density at radius 3 is 2.38 bits per heavy atom. The summed E-state index contributed by atoms with van der Waals surface area (Å²) < 4.78 is 21.4. The van der Waals surface area contributed by atoms with Crippen molar-refractivity contribution in [1.29, 1.82) is 0 Å². The molecule has 1 amide bonds. The number of anilines is 1. The molecule has 1 aromatic heterocycles. The molecule has 7 nitrogen and oxygen atoms in total. The summed E-state index contributed by atoms with van der Waals surface area (Å²) in [6, 6.07) is 10.0. The number of amides is 1. The van der Waals surface area contributed by atoms with Crippen LogP contribution in [0.5, 0.6) is 17.2 Å². The lowest BCUT2D eigenvalue weighted by Gasteiger charge is -2.13. The van der Waals surface area contributed by atoms with Crippen LogP contribution in [-0.4, -0.2) is 25.3 Å². The maximum absolute atomic E-state index is 12.6. The summed E-state index contributed by atoms with van der Waals surface area (Å²) in [4.78, 5) is 12.6. The first-order chi connectivity index (χ1) is 13.9. The lowest BCUT2D eigenvalue weighted by molar-refractivity contribution is 0.102. The van der Waals surface area contributed by atoms with Crippen LogP contribution in [0.4, 0.5) is 5.69 Å². The van der Waals surface area contributed by atoms with Crippen molar-refractivity contribution in [3.63, 3.8) is 0 Å². The minimum atomic E-state index is -0.301. The summed E-state index contributed by atoms with van der Waals surface area (Å²) in [5, 5.41) is 7.10. The molecule has 3 rings (SSSR count). The molecule has 1 N–H and O–H groups in total. The fourth-order valence-electron chi connectivity index (χ4n) is 2.72. The molecule has 0 saturated carbocycles. The van der Waals surface area contributed by atoms with E-state index in [1.54, 1.807) is 36.4 Å². The van der Waals surface area contributed by atoms with Crippen molar-refractivity contribution in [3.8, 4) is 17.2 Å². The van der Waals surface area contributed by atoms with E-state index >= 15 is 0 Å². The monoisotopic (exact) mass is 416 g/mol. The first-order valence-corrected chi connectivity index (χ1v) is 9.18.